The molecule has 0 bridgehead atoms. The predicted molar refractivity (Wildman–Crippen MR) is 101 cm³/mol. The van der Waals surface area contributed by atoms with E-state index in [4.69, 9.17) is 4.99 Å². The van der Waals surface area contributed by atoms with Gasteiger partial charge in [0.2, 0.25) is 0 Å². The monoisotopic (exact) mass is 343 g/mol. The summed E-state index contributed by atoms with van der Waals surface area (Å²) in [4.78, 5) is 7.26. The van der Waals surface area contributed by atoms with E-state index in [-0.39, 0.29) is 0 Å². The van der Waals surface area contributed by atoms with Crippen LogP contribution in [0.15, 0.2) is 29.4 Å². The number of rotatable bonds is 6. The number of nitrogens with zero attached hydrogens (tertiary/aromatic N) is 5. The van der Waals surface area contributed by atoms with Gasteiger partial charge in [0.05, 0.1) is 0 Å². The Morgan fingerprint density at radius 2 is 2.16 bits per heavy atom. The number of nitrogens with one attached hydrogen (secondary N) is 2. The Labute approximate surface area is 149 Å². The molecule has 136 valence electrons. The zero-order valence-electron chi connectivity index (χ0n) is 15.3. The Bertz CT molecular complexity index is 694. The van der Waals surface area contributed by atoms with Crippen molar-refractivity contribution in [2.45, 2.75) is 45.7 Å². The van der Waals surface area contributed by atoms with E-state index in [1.807, 2.05) is 28.8 Å². The second-order valence-electron chi connectivity index (χ2n) is 6.40. The number of hydrogen-bond acceptors (Lipinski definition) is 4. The smallest absolute Gasteiger partial charge is 0.191 e. The summed E-state index contributed by atoms with van der Waals surface area (Å²) in [6, 6.07) is 6.49. The zero-order chi connectivity index (χ0) is 17.5. The highest BCUT2D eigenvalue weighted by atomic mass is 15.3. The fourth-order valence-electron chi connectivity index (χ4n) is 3.41. The first-order valence-electron chi connectivity index (χ1n) is 9.36. The largest absolute Gasteiger partial charge is 0.357 e. The van der Waals surface area contributed by atoms with Crippen molar-refractivity contribution in [3.63, 3.8) is 0 Å². The molecule has 2 N–H and O–H groups in total. The number of likely N-dealkylation sites (N-methyl/N-ethyl adjacent to an activating group) is 1. The number of piperidine rings is 1. The molecule has 0 radical (unpaired) electrons. The van der Waals surface area contributed by atoms with Crippen molar-refractivity contribution in [1.29, 1.82) is 0 Å². The third kappa shape index (κ3) is 4.48. The van der Waals surface area contributed by atoms with Crippen LogP contribution in [0.1, 0.15) is 38.9 Å². The van der Waals surface area contributed by atoms with Crippen LogP contribution in [0.3, 0.4) is 0 Å². The van der Waals surface area contributed by atoms with Gasteiger partial charge in [-0.05, 0) is 45.0 Å². The minimum absolute atomic E-state index is 0.503. The third-order valence-corrected chi connectivity index (χ3v) is 4.77. The number of aromatic nitrogens is 3. The summed E-state index contributed by atoms with van der Waals surface area (Å²) in [5.74, 6) is 1.69. The Morgan fingerprint density at radius 3 is 3.00 bits per heavy atom. The lowest BCUT2D eigenvalue weighted by Gasteiger charge is -2.35. The number of aliphatic imine (C=N–C) groups is 1. The molecule has 1 aliphatic heterocycles. The van der Waals surface area contributed by atoms with Gasteiger partial charge >= 0.3 is 0 Å². The molecule has 1 unspecified atom stereocenters. The molecule has 1 atom stereocenters. The maximum atomic E-state index is 4.69. The SMILES string of the molecule is CCNC(=NCc1nnc2ccccn12)NCC1CCCCN1CC. The summed E-state index contributed by atoms with van der Waals surface area (Å²) >= 11 is 0. The summed E-state index contributed by atoms with van der Waals surface area (Å²) in [7, 11) is 0. The average Bonchev–Trinajstić information content (AvgIpc) is 3.07. The molecule has 2 aromatic rings. The molecule has 3 rings (SSSR count). The van der Waals surface area contributed by atoms with Crippen LogP contribution >= 0.6 is 0 Å². The first-order chi connectivity index (χ1) is 12.3. The second kappa shape index (κ2) is 8.80. The molecular formula is C18H29N7. The molecule has 0 saturated carbocycles. The van der Waals surface area contributed by atoms with E-state index in [2.05, 4.69) is 39.6 Å². The van der Waals surface area contributed by atoms with Crippen molar-refractivity contribution in [1.82, 2.24) is 30.1 Å². The van der Waals surface area contributed by atoms with Crippen LogP contribution < -0.4 is 10.6 Å². The Kier molecular flexibility index (Phi) is 6.22. The number of guanidine groups is 1. The van der Waals surface area contributed by atoms with Crippen molar-refractivity contribution in [3.8, 4) is 0 Å². The topological polar surface area (TPSA) is 69.8 Å². The van der Waals surface area contributed by atoms with Gasteiger partial charge in [-0.3, -0.25) is 9.30 Å². The van der Waals surface area contributed by atoms with E-state index in [1.165, 1.54) is 25.8 Å². The molecule has 0 aliphatic carbocycles. The van der Waals surface area contributed by atoms with E-state index in [0.717, 1.165) is 37.1 Å². The van der Waals surface area contributed by atoms with E-state index in [0.29, 0.717) is 12.6 Å². The fraction of sp³-hybridized carbons (Fsp3) is 0.611. The lowest BCUT2D eigenvalue weighted by Crippen LogP contribution is -2.49. The molecule has 2 aromatic heterocycles. The van der Waals surface area contributed by atoms with E-state index in [9.17, 15) is 0 Å². The lowest BCUT2D eigenvalue weighted by molar-refractivity contribution is 0.157. The van der Waals surface area contributed by atoms with Gasteiger partial charge in [0, 0.05) is 25.3 Å². The van der Waals surface area contributed by atoms with Gasteiger partial charge in [-0.1, -0.05) is 19.4 Å². The van der Waals surface area contributed by atoms with Crippen LogP contribution in [0.25, 0.3) is 5.65 Å². The molecule has 7 heteroatoms. The van der Waals surface area contributed by atoms with E-state index >= 15 is 0 Å². The average molecular weight is 343 g/mol. The first-order valence-corrected chi connectivity index (χ1v) is 9.36. The van der Waals surface area contributed by atoms with Crippen LogP contribution in [0.4, 0.5) is 0 Å². The summed E-state index contributed by atoms with van der Waals surface area (Å²) in [6.45, 7) is 8.93. The van der Waals surface area contributed by atoms with Gasteiger partial charge in [-0.2, -0.15) is 0 Å². The van der Waals surface area contributed by atoms with E-state index < -0.39 is 0 Å². The van der Waals surface area contributed by atoms with Crippen LogP contribution in [-0.2, 0) is 6.54 Å². The summed E-state index contributed by atoms with van der Waals surface area (Å²) < 4.78 is 1.98. The van der Waals surface area contributed by atoms with Gasteiger partial charge in [-0.25, -0.2) is 4.99 Å². The minimum atomic E-state index is 0.503. The Hall–Kier alpha value is -2.15. The molecule has 7 nitrogen and oxygen atoms in total. The minimum Gasteiger partial charge on any atom is -0.357 e. The first kappa shape index (κ1) is 17.7. The molecule has 25 heavy (non-hydrogen) atoms. The highest BCUT2D eigenvalue weighted by molar-refractivity contribution is 5.79. The predicted octanol–water partition coefficient (Wildman–Crippen LogP) is 1.66. The number of likely N-dealkylation sites (tertiary alicyclic amines) is 1. The molecule has 1 fully saturated rings. The Morgan fingerprint density at radius 1 is 1.24 bits per heavy atom. The highest BCUT2D eigenvalue weighted by Crippen LogP contribution is 2.15. The summed E-state index contributed by atoms with van der Waals surface area (Å²) in [6.07, 6.45) is 5.87. The van der Waals surface area contributed by atoms with Crippen LogP contribution in [-0.4, -0.2) is 57.7 Å². The van der Waals surface area contributed by atoms with Crippen molar-refractivity contribution in [2.24, 2.45) is 4.99 Å². The molecule has 1 aliphatic rings. The van der Waals surface area contributed by atoms with Crippen molar-refractivity contribution >= 4 is 11.6 Å². The molecule has 0 amide bonds. The fourth-order valence-corrected chi connectivity index (χ4v) is 3.41. The Balaban J connectivity index is 1.62. The van der Waals surface area contributed by atoms with Gasteiger partial charge in [0.15, 0.2) is 17.4 Å². The second-order valence-corrected chi connectivity index (χ2v) is 6.40. The normalized spacial score (nSPS) is 19.3. The maximum Gasteiger partial charge on any atom is 0.191 e. The molecule has 0 spiro atoms. The summed E-state index contributed by atoms with van der Waals surface area (Å²) in [5, 5.41) is 15.3. The van der Waals surface area contributed by atoms with Gasteiger partial charge in [0.1, 0.15) is 6.54 Å². The van der Waals surface area contributed by atoms with Crippen LogP contribution in [0.5, 0.6) is 0 Å². The highest BCUT2D eigenvalue weighted by Gasteiger charge is 2.20. The van der Waals surface area contributed by atoms with Gasteiger partial charge < -0.3 is 10.6 Å². The third-order valence-electron chi connectivity index (χ3n) is 4.77. The lowest BCUT2D eigenvalue weighted by atomic mass is 10.0. The molecule has 3 heterocycles. The number of fused-ring (bicyclic) bond motifs is 1. The van der Waals surface area contributed by atoms with Crippen molar-refractivity contribution in [3.05, 3.63) is 30.2 Å². The van der Waals surface area contributed by atoms with E-state index in [1.54, 1.807) is 0 Å². The zero-order valence-corrected chi connectivity index (χ0v) is 15.3. The molecule has 1 saturated heterocycles. The number of pyridine rings is 1. The van der Waals surface area contributed by atoms with Crippen LogP contribution in [0.2, 0.25) is 0 Å². The van der Waals surface area contributed by atoms with Crippen molar-refractivity contribution in [2.75, 3.05) is 26.2 Å². The summed E-state index contributed by atoms with van der Waals surface area (Å²) in [5.41, 5.74) is 0.853. The molecular weight excluding hydrogens is 314 g/mol. The quantitative estimate of drug-likeness (QED) is 0.617. The van der Waals surface area contributed by atoms with Crippen LogP contribution in [0, 0.1) is 0 Å². The van der Waals surface area contributed by atoms with Gasteiger partial charge in [-0.15, -0.1) is 10.2 Å². The van der Waals surface area contributed by atoms with Crippen molar-refractivity contribution < 1.29 is 0 Å². The maximum absolute atomic E-state index is 4.69. The van der Waals surface area contributed by atoms with Gasteiger partial charge in [0.25, 0.3) is 0 Å². The standard InChI is InChI=1S/C18H29N7/c1-3-19-18(20-13-15-9-5-7-11-24(15)4-2)21-14-17-23-22-16-10-6-8-12-25(16)17/h6,8,10,12,15H,3-5,7,9,11,13-14H2,1-2H3,(H2,19,20,21). The number of hydrogen-bond donors (Lipinski definition) is 2. The molecule has 0 aromatic carbocycles.